The minimum atomic E-state index is -0.0904. The van der Waals surface area contributed by atoms with E-state index in [0.29, 0.717) is 11.3 Å². The summed E-state index contributed by atoms with van der Waals surface area (Å²) in [6.45, 7) is 0. The Morgan fingerprint density at radius 2 is 1.96 bits per heavy atom. The lowest BCUT2D eigenvalue weighted by atomic mass is 10.0. The second-order valence-electron chi connectivity index (χ2n) is 6.03. The van der Waals surface area contributed by atoms with Crippen molar-refractivity contribution in [1.82, 2.24) is 0 Å². The maximum Gasteiger partial charge on any atom is 0.265 e. The molecule has 2 aromatic carbocycles. The summed E-state index contributed by atoms with van der Waals surface area (Å²) in [6.07, 6.45) is 1.20. The summed E-state index contributed by atoms with van der Waals surface area (Å²) in [5.41, 5.74) is 4.97. The smallest absolute Gasteiger partial charge is 0.265 e. The summed E-state index contributed by atoms with van der Waals surface area (Å²) in [6, 6.07) is 17.6. The number of anilines is 2. The topological polar surface area (TPSA) is 58.2 Å². The van der Waals surface area contributed by atoms with E-state index in [9.17, 15) is 9.59 Å². The molecule has 0 unspecified atom stereocenters. The standard InChI is InChI=1S/C20H16N2O2S/c23-19-12-15-7-6-14(11-17(15)22-19)9-13-3-1-4-16(10-13)21-20(24)18-5-2-8-25-18/h1-8,10-11H,9,12H2,(H,21,24)(H,22,23). The number of thiophene rings is 1. The fraction of sp³-hybridized carbons (Fsp3) is 0.100. The predicted molar refractivity (Wildman–Crippen MR) is 100 cm³/mol. The summed E-state index contributed by atoms with van der Waals surface area (Å²) in [7, 11) is 0. The molecule has 5 heteroatoms. The molecule has 2 amide bonds. The van der Waals surface area contributed by atoms with Crippen LogP contribution in [0.2, 0.25) is 0 Å². The maximum atomic E-state index is 12.2. The van der Waals surface area contributed by atoms with Crippen LogP contribution < -0.4 is 10.6 Å². The zero-order valence-electron chi connectivity index (χ0n) is 13.4. The van der Waals surface area contributed by atoms with Crippen molar-refractivity contribution < 1.29 is 9.59 Å². The van der Waals surface area contributed by atoms with Gasteiger partial charge in [0.2, 0.25) is 5.91 Å². The Morgan fingerprint density at radius 1 is 1.08 bits per heavy atom. The lowest BCUT2D eigenvalue weighted by Crippen LogP contribution is -2.10. The van der Waals surface area contributed by atoms with Gasteiger partial charge in [-0.25, -0.2) is 0 Å². The number of benzene rings is 2. The highest BCUT2D eigenvalue weighted by atomic mass is 32.1. The van der Waals surface area contributed by atoms with Crippen molar-refractivity contribution in [1.29, 1.82) is 0 Å². The average molecular weight is 348 g/mol. The summed E-state index contributed by atoms with van der Waals surface area (Å²) >= 11 is 1.42. The number of carbonyl (C=O) groups excluding carboxylic acids is 2. The number of amides is 2. The van der Waals surface area contributed by atoms with E-state index in [4.69, 9.17) is 0 Å². The van der Waals surface area contributed by atoms with Crippen molar-refractivity contribution in [2.75, 3.05) is 10.6 Å². The summed E-state index contributed by atoms with van der Waals surface area (Å²) in [5, 5.41) is 7.70. The molecule has 124 valence electrons. The van der Waals surface area contributed by atoms with Crippen LogP contribution in [0.1, 0.15) is 26.4 Å². The quantitative estimate of drug-likeness (QED) is 0.746. The largest absolute Gasteiger partial charge is 0.326 e. The fourth-order valence-electron chi connectivity index (χ4n) is 2.97. The second kappa shape index (κ2) is 6.53. The van der Waals surface area contributed by atoms with Crippen molar-refractivity contribution >= 4 is 34.5 Å². The number of hydrogen-bond acceptors (Lipinski definition) is 3. The Hall–Kier alpha value is -2.92. The summed E-state index contributed by atoms with van der Waals surface area (Å²) < 4.78 is 0. The molecule has 1 aliphatic heterocycles. The van der Waals surface area contributed by atoms with Crippen LogP contribution in [-0.2, 0) is 17.6 Å². The number of fused-ring (bicyclic) bond motifs is 1. The highest BCUT2D eigenvalue weighted by molar-refractivity contribution is 7.12. The lowest BCUT2D eigenvalue weighted by Gasteiger charge is -2.08. The summed E-state index contributed by atoms with van der Waals surface area (Å²) in [4.78, 5) is 24.3. The number of hydrogen-bond donors (Lipinski definition) is 2. The Kier molecular flexibility index (Phi) is 4.07. The van der Waals surface area contributed by atoms with Crippen molar-refractivity contribution in [3.8, 4) is 0 Å². The molecule has 25 heavy (non-hydrogen) atoms. The number of nitrogens with one attached hydrogen (secondary N) is 2. The average Bonchev–Trinajstić information content (AvgIpc) is 3.23. The molecule has 0 fully saturated rings. The van der Waals surface area contributed by atoms with Crippen molar-refractivity contribution in [2.24, 2.45) is 0 Å². The first-order valence-corrected chi connectivity index (χ1v) is 8.91. The van der Waals surface area contributed by atoms with E-state index in [1.54, 1.807) is 0 Å². The number of rotatable bonds is 4. The van der Waals surface area contributed by atoms with E-state index in [2.05, 4.69) is 16.7 Å². The van der Waals surface area contributed by atoms with Gasteiger partial charge >= 0.3 is 0 Å². The van der Waals surface area contributed by atoms with Crippen LogP contribution in [-0.4, -0.2) is 11.8 Å². The fourth-order valence-corrected chi connectivity index (χ4v) is 3.59. The zero-order chi connectivity index (χ0) is 17.2. The molecule has 0 radical (unpaired) electrons. The molecule has 0 spiro atoms. The molecule has 1 aromatic heterocycles. The monoisotopic (exact) mass is 348 g/mol. The molecule has 4 nitrogen and oxygen atoms in total. The van der Waals surface area contributed by atoms with Crippen LogP contribution in [0.15, 0.2) is 60.0 Å². The van der Waals surface area contributed by atoms with Crippen LogP contribution in [0.4, 0.5) is 11.4 Å². The van der Waals surface area contributed by atoms with Gasteiger partial charge in [-0.3, -0.25) is 9.59 Å². The maximum absolute atomic E-state index is 12.2. The molecule has 0 bridgehead atoms. The Labute approximate surface area is 149 Å². The van der Waals surface area contributed by atoms with E-state index >= 15 is 0 Å². The van der Waals surface area contributed by atoms with Crippen molar-refractivity contribution in [3.63, 3.8) is 0 Å². The minimum absolute atomic E-state index is 0.0467. The normalized spacial score (nSPS) is 12.6. The van der Waals surface area contributed by atoms with Gasteiger partial charge < -0.3 is 10.6 Å². The second-order valence-corrected chi connectivity index (χ2v) is 6.97. The lowest BCUT2D eigenvalue weighted by molar-refractivity contribution is -0.115. The van der Waals surface area contributed by atoms with Crippen LogP contribution in [0.3, 0.4) is 0 Å². The molecule has 0 aliphatic carbocycles. The SMILES string of the molecule is O=C1Cc2ccc(Cc3cccc(NC(=O)c4cccs4)c3)cc2N1. The molecule has 4 rings (SSSR count). The molecule has 0 saturated carbocycles. The van der Waals surface area contributed by atoms with Crippen LogP contribution in [0.25, 0.3) is 0 Å². The molecule has 0 atom stereocenters. The Bertz CT molecular complexity index is 948. The van der Waals surface area contributed by atoms with Gasteiger partial charge in [0.15, 0.2) is 0 Å². The number of carbonyl (C=O) groups is 2. The van der Waals surface area contributed by atoms with Gasteiger partial charge in [0.05, 0.1) is 11.3 Å². The zero-order valence-corrected chi connectivity index (χ0v) is 14.2. The molecular weight excluding hydrogens is 332 g/mol. The van der Waals surface area contributed by atoms with E-state index in [-0.39, 0.29) is 11.8 Å². The molecule has 3 aromatic rings. The van der Waals surface area contributed by atoms with Gasteiger partial charge in [0.25, 0.3) is 5.91 Å². The van der Waals surface area contributed by atoms with Crippen molar-refractivity contribution in [3.05, 3.63) is 81.5 Å². The third kappa shape index (κ3) is 3.46. The Balaban J connectivity index is 1.49. The molecule has 2 N–H and O–H groups in total. The van der Waals surface area contributed by atoms with E-state index in [0.717, 1.165) is 34.5 Å². The van der Waals surface area contributed by atoms with E-state index in [1.807, 2.05) is 53.9 Å². The van der Waals surface area contributed by atoms with Crippen LogP contribution in [0, 0.1) is 0 Å². The van der Waals surface area contributed by atoms with E-state index < -0.39 is 0 Å². The minimum Gasteiger partial charge on any atom is -0.326 e. The highest BCUT2D eigenvalue weighted by Gasteiger charge is 2.17. The third-order valence-electron chi connectivity index (χ3n) is 4.14. The Morgan fingerprint density at radius 3 is 2.80 bits per heavy atom. The molecule has 2 heterocycles. The summed E-state index contributed by atoms with van der Waals surface area (Å²) in [5.74, 6) is -0.0437. The predicted octanol–water partition coefficient (Wildman–Crippen LogP) is 4.09. The molecule has 0 saturated heterocycles. The van der Waals surface area contributed by atoms with Gasteiger partial charge in [0.1, 0.15) is 0 Å². The first-order valence-electron chi connectivity index (χ1n) is 8.03. The molecular formula is C20H16N2O2S. The molecule has 1 aliphatic rings. The van der Waals surface area contributed by atoms with E-state index in [1.165, 1.54) is 11.3 Å². The first kappa shape index (κ1) is 15.6. The van der Waals surface area contributed by atoms with Gasteiger partial charge in [-0.05, 0) is 52.8 Å². The van der Waals surface area contributed by atoms with Gasteiger partial charge in [-0.2, -0.15) is 0 Å². The van der Waals surface area contributed by atoms with Gasteiger partial charge in [-0.1, -0.05) is 30.3 Å². The van der Waals surface area contributed by atoms with Crippen molar-refractivity contribution in [2.45, 2.75) is 12.8 Å². The first-order chi connectivity index (χ1) is 12.2. The highest BCUT2D eigenvalue weighted by Crippen LogP contribution is 2.25. The third-order valence-corrected chi connectivity index (χ3v) is 5.01. The van der Waals surface area contributed by atoms with Gasteiger partial charge in [0, 0.05) is 11.4 Å². The van der Waals surface area contributed by atoms with Gasteiger partial charge in [-0.15, -0.1) is 11.3 Å². The van der Waals surface area contributed by atoms with Crippen LogP contribution >= 0.6 is 11.3 Å². The van der Waals surface area contributed by atoms with Crippen LogP contribution in [0.5, 0.6) is 0 Å².